The SMILES string of the molecule is Cc1cc([S+](C)c2ccccc2)c(C)c(C)c1C.F[B-](F)(F)F. The summed E-state index contributed by atoms with van der Waals surface area (Å²) in [5.41, 5.74) is 5.73. The first-order chi connectivity index (χ1) is 10.5. The molecule has 2 aromatic rings. The molecule has 0 saturated carbocycles. The smallest absolute Gasteiger partial charge is 0.418 e. The Morgan fingerprint density at radius 2 is 1.26 bits per heavy atom. The first-order valence-electron chi connectivity index (χ1n) is 7.18. The predicted octanol–water partition coefficient (Wildman–Crippen LogP) is 5.89. The second kappa shape index (κ2) is 7.91. The molecule has 0 aliphatic carbocycles. The Kier molecular flexibility index (Phi) is 6.75. The van der Waals surface area contributed by atoms with Gasteiger partial charge in [0, 0.05) is 5.56 Å². The summed E-state index contributed by atoms with van der Waals surface area (Å²) >= 11 is 0. The second-order valence-electron chi connectivity index (χ2n) is 5.38. The normalized spacial score (nSPS) is 12.4. The van der Waals surface area contributed by atoms with Crippen LogP contribution in [0.1, 0.15) is 22.3 Å². The zero-order valence-corrected chi connectivity index (χ0v) is 14.8. The maximum Gasteiger partial charge on any atom is 0.673 e. The van der Waals surface area contributed by atoms with Crippen molar-refractivity contribution in [1.82, 2.24) is 0 Å². The Balaban J connectivity index is 0.000000463. The summed E-state index contributed by atoms with van der Waals surface area (Å²) in [7, 11) is -5.84. The van der Waals surface area contributed by atoms with Crippen LogP contribution in [0, 0.1) is 27.7 Å². The Morgan fingerprint density at radius 3 is 1.74 bits per heavy atom. The number of rotatable bonds is 2. The number of halogens is 4. The first-order valence-corrected chi connectivity index (χ1v) is 8.81. The van der Waals surface area contributed by atoms with Crippen LogP contribution in [0.15, 0.2) is 46.2 Å². The molecule has 1 unspecified atom stereocenters. The van der Waals surface area contributed by atoms with E-state index in [2.05, 4.69) is 70.3 Å². The molecule has 23 heavy (non-hydrogen) atoms. The van der Waals surface area contributed by atoms with Crippen molar-refractivity contribution >= 4 is 18.1 Å². The van der Waals surface area contributed by atoms with Crippen molar-refractivity contribution in [3.8, 4) is 0 Å². The third kappa shape index (κ3) is 5.94. The average molecular weight is 344 g/mol. The zero-order valence-electron chi connectivity index (χ0n) is 14.0. The Labute approximate surface area is 138 Å². The largest absolute Gasteiger partial charge is 0.673 e. The van der Waals surface area contributed by atoms with Gasteiger partial charge in [0.2, 0.25) is 0 Å². The molecule has 0 spiro atoms. The number of hydrogen-bond acceptors (Lipinski definition) is 0. The summed E-state index contributed by atoms with van der Waals surface area (Å²) in [6, 6.07) is 13.2. The van der Waals surface area contributed by atoms with Gasteiger partial charge in [-0.15, -0.1) is 0 Å². The van der Waals surface area contributed by atoms with E-state index in [0.717, 1.165) is 0 Å². The molecule has 0 amide bonds. The van der Waals surface area contributed by atoms with Crippen molar-refractivity contribution in [2.45, 2.75) is 37.5 Å². The highest BCUT2D eigenvalue weighted by atomic mass is 32.2. The third-order valence-electron chi connectivity index (χ3n) is 3.86. The van der Waals surface area contributed by atoms with Crippen LogP contribution in [0.3, 0.4) is 0 Å². The van der Waals surface area contributed by atoms with E-state index >= 15 is 0 Å². The van der Waals surface area contributed by atoms with Crippen LogP contribution < -0.4 is 0 Å². The summed E-state index contributed by atoms with van der Waals surface area (Å²) in [4.78, 5) is 2.91. The number of benzene rings is 2. The third-order valence-corrected chi connectivity index (χ3v) is 5.92. The van der Waals surface area contributed by atoms with Crippen LogP contribution in [0.4, 0.5) is 17.3 Å². The summed E-state index contributed by atoms with van der Waals surface area (Å²) in [5.74, 6) is 0. The maximum atomic E-state index is 9.75. The molecule has 6 heteroatoms. The number of hydrogen-bond donors (Lipinski definition) is 0. The standard InChI is InChI=1S/C17H21S.BF4/c1-12-11-17(15(4)14(3)13(12)2)18(5)16-9-7-6-8-10-16;2-1(3,4)5/h6-11H,1-5H3;/q+1;-1. The van der Waals surface area contributed by atoms with Crippen molar-refractivity contribution in [3.63, 3.8) is 0 Å². The molecule has 0 radical (unpaired) electrons. The number of aryl methyl sites for hydroxylation is 1. The zero-order chi connectivity index (χ0) is 17.8. The van der Waals surface area contributed by atoms with Crippen molar-refractivity contribution in [2.75, 3.05) is 6.26 Å². The molecular weight excluding hydrogens is 323 g/mol. The molecule has 2 aromatic carbocycles. The molecule has 0 aliphatic rings. The van der Waals surface area contributed by atoms with Crippen molar-refractivity contribution in [1.29, 1.82) is 0 Å². The quantitative estimate of drug-likeness (QED) is 0.362. The van der Waals surface area contributed by atoms with Gasteiger partial charge in [0.1, 0.15) is 6.26 Å². The lowest BCUT2D eigenvalue weighted by molar-refractivity contribution is 0.368. The van der Waals surface area contributed by atoms with Crippen molar-refractivity contribution in [2.24, 2.45) is 0 Å². The van der Waals surface area contributed by atoms with Gasteiger partial charge < -0.3 is 17.3 Å². The maximum absolute atomic E-state index is 9.75. The van der Waals surface area contributed by atoms with E-state index in [1.165, 1.54) is 32.0 Å². The molecule has 0 bridgehead atoms. The fourth-order valence-corrected chi connectivity index (χ4v) is 4.03. The van der Waals surface area contributed by atoms with Gasteiger partial charge in [-0.1, -0.05) is 18.2 Å². The van der Waals surface area contributed by atoms with Gasteiger partial charge in [-0.2, -0.15) is 0 Å². The molecule has 1 atom stereocenters. The highest BCUT2D eigenvalue weighted by molar-refractivity contribution is 7.96. The van der Waals surface area contributed by atoms with E-state index in [9.17, 15) is 17.3 Å². The van der Waals surface area contributed by atoms with Crippen molar-refractivity contribution < 1.29 is 17.3 Å². The summed E-state index contributed by atoms with van der Waals surface area (Å²) in [6.45, 7) is 8.93. The van der Waals surface area contributed by atoms with Gasteiger partial charge in [0.25, 0.3) is 0 Å². The van der Waals surface area contributed by atoms with E-state index in [-0.39, 0.29) is 10.9 Å². The average Bonchev–Trinajstić information content (AvgIpc) is 2.47. The molecule has 0 heterocycles. The van der Waals surface area contributed by atoms with E-state index in [1.807, 2.05) is 0 Å². The molecule has 0 saturated heterocycles. The van der Waals surface area contributed by atoms with E-state index < -0.39 is 7.25 Å². The summed E-state index contributed by atoms with van der Waals surface area (Å²) < 4.78 is 39.0. The van der Waals surface area contributed by atoms with E-state index in [4.69, 9.17) is 0 Å². The van der Waals surface area contributed by atoms with Crippen molar-refractivity contribution in [3.05, 3.63) is 58.7 Å². The highest BCUT2D eigenvalue weighted by Crippen LogP contribution is 2.29. The molecular formula is C17H21BF4S. The first kappa shape index (κ1) is 19.6. The van der Waals surface area contributed by atoms with Crippen LogP contribution in [0.2, 0.25) is 0 Å². The van der Waals surface area contributed by atoms with E-state index in [1.54, 1.807) is 0 Å². The molecule has 126 valence electrons. The molecule has 0 aliphatic heterocycles. The van der Waals surface area contributed by atoms with Gasteiger partial charge in [0.05, 0.1) is 10.9 Å². The minimum Gasteiger partial charge on any atom is -0.418 e. The minimum atomic E-state index is -6.00. The monoisotopic (exact) mass is 344 g/mol. The van der Waals surface area contributed by atoms with Crippen LogP contribution in [-0.4, -0.2) is 13.5 Å². The lowest BCUT2D eigenvalue weighted by Gasteiger charge is -2.12. The van der Waals surface area contributed by atoms with Crippen LogP contribution in [0.25, 0.3) is 0 Å². The van der Waals surface area contributed by atoms with Gasteiger partial charge in [-0.05, 0) is 62.6 Å². The van der Waals surface area contributed by atoms with Gasteiger partial charge in [-0.25, -0.2) is 0 Å². The van der Waals surface area contributed by atoms with Crippen LogP contribution in [0.5, 0.6) is 0 Å². The highest BCUT2D eigenvalue weighted by Gasteiger charge is 2.23. The second-order valence-corrected chi connectivity index (χ2v) is 7.32. The van der Waals surface area contributed by atoms with Gasteiger partial charge in [-0.3, -0.25) is 0 Å². The molecule has 0 nitrogen and oxygen atoms in total. The lowest BCUT2D eigenvalue weighted by atomic mass is 10.00. The fraction of sp³-hybridized carbons (Fsp3) is 0.294. The Hall–Kier alpha value is -1.43. The summed E-state index contributed by atoms with van der Waals surface area (Å²) in [5, 5.41) is 0. The molecule has 0 N–H and O–H groups in total. The van der Waals surface area contributed by atoms with Crippen LogP contribution in [-0.2, 0) is 10.9 Å². The topological polar surface area (TPSA) is 0 Å². The predicted molar refractivity (Wildman–Crippen MR) is 91.8 cm³/mol. The van der Waals surface area contributed by atoms with E-state index in [0.29, 0.717) is 0 Å². The Morgan fingerprint density at radius 1 is 0.783 bits per heavy atom. The van der Waals surface area contributed by atoms with Gasteiger partial charge in [0.15, 0.2) is 9.79 Å². The Bertz CT molecular complexity index is 648. The molecule has 2 rings (SSSR count). The minimum absolute atomic E-state index is 0.163. The fourth-order valence-electron chi connectivity index (χ4n) is 2.24. The van der Waals surface area contributed by atoms with Crippen LogP contribution >= 0.6 is 0 Å². The molecule has 0 aromatic heterocycles. The molecule has 0 fully saturated rings. The van der Waals surface area contributed by atoms with Gasteiger partial charge >= 0.3 is 7.25 Å². The summed E-state index contributed by atoms with van der Waals surface area (Å²) in [6.07, 6.45) is 2.33. The lowest BCUT2D eigenvalue weighted by Crippen LogP contribution is -2.06.